The second kappa shape index (κ2) is 5.07. The number of alkyl halides is 1. The second-order valence-corrected chi connectivity index (χ2v) is 5.41. The molecule has 0 atom stereocenters. The Balaban J connectivity index is -0.000000403. The summed E-state index contributed by atoms with van der Waals surface area (Å²) < 4.78 is 0. The molecule has 0 aliphatic heterocycles. The van der Waals surface area contributed by atoms with Gasteiger partial charge in [0.25, 0.3) is 0 Å². The Kier molecular flexibility index (Phi) is 5.51. The Bertz CT molecular complexity index is 130. The first-order valence-corrected chi connectivity index (χ1v) is 5.08. The van der Waals surface area contributed by atoms with Gasteiger partial charge < -0.3 is 2.85 Å². The van der Waals surface area contributed by atoms with Crippen molar-refractivity contribution in [3.8, 4) is 0 Å². The van der Waals surface area contributed by atoms with Gasteiger partial charge in [-0.15, -0.1) is 11.6 Å². The van der Waals surface area contributed by atoms with Gasteiger partial charge in [0.2, 0.25) is 0 Å². The van der Waals surface area contributed by atoms with Crippen molar-refractivity contribution < 1.29 is 2.85 Å². The third-order valence-corrected chi connectivity index (χ3v) is 3.39. The van der Waals surface area contributed by atoms with Crippen LogP contribution in [-0.4, -0.2) is 27.9 Å². The van der Waals surface area contributed by atoms with Crippen LogP contribution in [0.25, 0.3) is 0 Å². The summed E-state index contributed by atoms with van der Waals surface area (Å²) in [5.41, 5.74) is 0. The standard InChI is InChI=1S/C10H19Cl.Mg.2H/c1-8(2)9-4-6-10(3,11)7-5-9;;;/h8-9H,4-7H2,1-3H3;;;/q;+2;2*-1. The van der Waals surface area contributed by atoms with E-state index >= 15 is 0 Å². The third-order valence-electron chi connectivity index (χ3n) is 3.02. The topological polar surface area (TPSA) is 0 Å². The van der Waals surface area contributed by atoms with E-state index in [2.05, 4.69) is 20.8 Å². The van der Waals surface area contributed by atoms with E-state index in [1.165, 1.54) is 25.7 Å². The van der Waals surface area contributed by atoms with Crippen molar-refractivity contribution in [3.05, 3.63) is 0 Å². The van der Waals surface area contributed by atoms with E-state index in [9.17, 15) is 0 Å². The van der Waals surface area contributed by atoms with Gasteiger partial charge in [-0.1, -0.05) is 13.8 Å². The van der Waals surface area contributed by atoms with Crippen LogP contribution in [-0.2, 0) is 0 Å². The van der Waals surface area contributed by atoms with Gasteiger partial charge in [-0.05, 0) is 44.4 Å². The van der Waals surface area contributed by atoms with Crippen LogP contribution in [0.2, 0.25) is 0 Å². The van der Waals surface area contributed by atoms with Crippen LogP contribution in [0.5, 0.6) is 0 Å². The maximum Gasteiger partial charge on any atom is 2.00 e. The minimum absolute atomic E-state index is 0. The zero-order chi connectivity index (χ0) is 8.48. The molecule has 0 amide bonds. The first kappa shape index (κ1) is 13.1. The molecule has 0 radical (unpaired) electrons. The molecule has 12 heavy (non-hydrogen) atoms. The van der Waals surface area contributed by atoms with E-state index in [1.54, 1.807) is 0 Å². The van der Waals surface area contributed by atoms with Gasteiger partial charge in [-0.3, -0.25) is 0 Å². The van der Waals surface area contributed by atoms with Gasteiger partial charge >= 0.3 is 23.1 Å². The molecule has 0 spiro atoms. The molecule has 1 saturated carbocycles. The first-order valence-electron chi connectivity index (χ1n) is 4.70. The zero-order valence-electron chi connectivity index (χ0n) is 10.6. The number of hydrogen-bond acceptors (Lipinski definition) is 0. The van der Waals surface area contributed by atoms with Crippen molar-refractivity contribution in [1.82, 2.24) is 0 Å². The second-order valence-electron chi connectivity index (χ2n) is 4.49. The zero-order valence-corrected chi connectivity index (χ0v) is 10.7. The number of hydrogen-bond donors (Lipinski definition) is 0. The summed E-state index contributed by atoms with van der Waals surface area (Å²) in [5.74, 6) is 1.78. The van der Waals surface area contributed by atoms with Crippen LogP contribution in [0.3, 0.4) is 0 Å². The molecular formula is C10H21ClMg. The van der Waals surface area contributed by atoms with Crippen molar-refractivity contribution in [2.24, 2.45) is 11.8 Å². The van der Waals surface area contributed by atoms with Gasteiger partial charge in [-0.25, -0.2) is 0 Å². The largest absolute Gasteiger partial charge is 2.00 e. The van der Waals surface area contributed by atoms with Gasteiger partial charge in [-0.2, -0.15) is 0 Å². The Morgan fingerprint density at radius 2 is 1.75 bits per heavy atom. The van der Waals surface area contributed by atoms with Gasteiger partial charge in [0, 0.05) is 4.87 Å². The normalized spacial score (nSPS) is 36.2. The van der Waals surface area contributed by atoms with E-state index in [1.807, 2.05) is 0 Å². The third kappa shape index (κ3) is 3.84. The molecule has 2 heteroatoms. The fourth-order valence-electron chi connectivity index (χ4n) is 1.91. The summed E-state index contributed by atoms with van der Waals surface area (Å²) in [5, 5.41) is 0. The van der Waals surface area contributed by atoms with Crippen LogP contribution >= 0.6 is 11.6 Å². The Morgan fingerprint density at radius 1 is 1.33 bits per heavy atom. The Labute approximate surface area is 101 Å². The van der Waals surface area contributed by atoms with Crippen molar-refractivity contribution in [1.29, 1.82) is 0 Å². The molecule has 1 rings (SSSR count). The van der Waals surface area contributed by atoms with Gasteiger partial charge in [0.05, 0.1) is 0 Å². The van der Waals surface area contributed by atoms with E-state index in [0.717, 1.165) is 11.8 Å². The molecule has 0 nitrogen and oxygen atoms in total. The SMILES string of the molecule is CC(C)C1CCC(C)(Cl)CC1.[H-].[H-].[Mg+2]. The molecule has 0 heterocycles. The van der Waals surface area contributed by atoms with Crippen molar-refractivity contribution in [3.63, 3.8) is 0 Å². The number of halogens is 1. The molecule has 1 fully saturated rings. The van der Waals surface area contributed by atoms with E-state index < -0.39 is 0 Å². The minimum atomic E-state index is 0. The summed E-state index contributed by atoms with van der Waals surface area (Å²) >= 11 is 6.24. The van der Waals surface area contributed by atoms with Crippen LogP contribution in [0.4, 0.5) is 0 Å². The summed E-state index contributed by atoms with van der Waals surface area (Å²) in [6, 6.07) is 0. The van der Waals surface area contributed by atoms with Crippen molar-refractivity contribution in [2.45, 2.75) is 51.3 Å². The molecule has 0 saturated heterocycles. The molecule has 1 aliphatic carbocycles. The predicted octanol–water partition coefficient (Wildman–Crippen LogP) is 3.67. The molecule has 0 N–H and O–H groups in total. The average Bonchev–Trinajstić information content (AvgIpc) is 1.86. The molecule has 0 aromatic rings. The molecule has 0 unspecified atom stereocenters. The molecule has 1 aliphatic rings. The average molecular weight is 201 g/mol. The summed E-state index contributed by atoms with van der Waals surface area (Å²) in [4.78, 5) is 0.116. The van der Waals surface area contributed by atoms with Crippen LogP contribution in [0, 0.1) is 11.8 Å². The minimum Gasteiger partial charge on any atom is -1.00 e. The summed E-state index contributed by atoms with van der Waals surface area (Å²) in [7, 11) is 0. The smallest absolute Gasteiger partial charge is 1.00 e. The molecule has 0 aromatic heterocycles. The van der Waals surface area contributed by atoms with E-state index in [4.69, 9.17) is 11.6 Å². The van der Waals surface area contributed by atoms with Crippen LogP contribution in [0.15, 0.2) is 0 Å². The maximum absolute atomic E-state index is 6.24. The van der Waals surface area contributed by atoms with E-state index in [0.29, 0.717) is 0 Å². The van der Waals surface area contributed by atoms with Crippen molar-refractivity contribution >= 4 is 34.7 Å². The Morgan fingerprint density at radius 3 is 2.08 bits per heavy atom. The molecule has 0 aromatic carbocycles. The molecular weight excluding hydrogens is 180 g/mol. The predicted molar refractivity (Wildman–Crippen MR) is 59.0 cm³/mol. The monoisotopic (exact) mass is 200 g/mol. The summed E-state index contributed by atoms with van der Waals surface area (Å²) in [6.45, 7) is 6.81. The first-order chi connectivity index (χ1) is 5.01. The quantitative estimate of drug-likeness (QED) is 0.448. The van der Waals surface area contributed by atoms with E-state index in [-0.39, 0.29) is 30.8 Å². The van der Waals surface area contributed by atoms with Gasteiger partial charge in [0.15, 0.2) is 0 Å². The van der Waals surface area contributed by atoms with Crippen molar-refractivity contribution in [2.75, 3.05) is 0 Å². The maximum atomic E-state index is 6.24. The van der Waals surface area contributed by atoms with Crippen LogP contribution < -0.4 is 0 Å². The fourth-order valence-corrected chi connectivity index (χ4v) is 2.13. The molecule has 0 bridgehead atoms. The fraction of sp³-hybridized carbons (Fsp3) is 1.00. The number of rotatable bonds is 1. The van der Waals surface area contributed by atoms with Gasteiger partial charge in [0.1, 0.15) is 0 Å². The Hall–Kier alpha value is 1.06. The molecule has 70 valence electrons. The van der Waals surface area contributed by atoms with Crippen LogP contribution in [0.1, 0.15) is 49.3 Å². The summed E-state index contributed by atoms with van der Waals surface area (Å²) in [6.07, 6.45) is 5.07.